The maximum atomic E-state index is 12.9. The third-order valence-corrected chi connectivity index (χ3v) is 15.4. The van der Waals surface area contributed by atoms with Crippen LogP contribution in [0.2, 0.25) is 0 Å². The predicted molar refractivity (Wildman–Crippen MR) is 330 cm³/mol. The van der Waals surface area contributed by atoms with Crippen molar-refractivity contribution in [2.24, 2.45) is 0 Å². The third kappa shape index (κ3) is 62.5. The van der Waals surface area contributed by atoms with Gasteiger partial charge in [-0.15, -0.1) is 0 Å². The van der Waals surface area contributed by atoms with E-state index in [4.69, 9.17) is 14.2 Å². The van der Waals surface area contributed by atoms with E-state index in [1.807, 2.05) is 0 Å². The van der Waals surface area contributed by atoms with Crippen LogP contribution < -0.4 is 0 Å². The molecule has 0 amide bonds. The summed E-state index contributed by atoms with van der Waals surface area (Å²) in [4.78, 5) is 38.3. The van der Waals surface area contributed by atoms with Gasteiger partial charge in [-0.25, -0.2) is 0 Å². The summed E-state index contributed by atoms with van der Waals surface area (Å²) < 4.78 is 17.0. The number of hydrogen-bond donors (Lipinski definition) is 0. The van der Waals surface area contributed by atoms with Gasteiger partial charge in [-0.05, 0) is 77.0 Å². The van der Waals surface area contributed by atoms with Crippen molar-refractivity contribution >= 4 is 17.9 Å². The smallest absolute Gasteiger partial charge is 0.306 e. The molecule has 0 aromatic rings. The maximum absolute atomic E-state index is 12.9. The summed E-state index contributed by atoms with van der Waals surface area (Å²) in [6, 6.07) is 0. The van der Waals surface area contributed by atoms with Crippen LogP contribution in [0.5, 0.6) is 0 Å². The number of carbonyl (C=O) groups excluding carboxylic acids is 3. The van der Waals surface area contributed by atoms with E-state index < -0.39 is 6.10 Å². The number of ether oxygens (including phenoxy) is 3. The molecule has 0 aliphatic heterocycles. The third-order valence-electron chi connectivity index (χ3n) is 15.4. The van der Waals surface area contributed by atoms with Gasteiger partial charge in [-0.1, -0.05) is 314 Å². The monoisotopic (exact) mass is 1070 g/mol. The van der Waals surface area contributed by atoms with E-state index in [2.05, 4.69) is 57.2 Å². The van der Waals surface area contributed by atoms with Crippen LogP contribution in [0.15, 0.2) is 36.5 Å². The summed E-state index contributed by atoms with van der Waals surface area (Å²) in [5.41, 5.74) is 0. The highest BCUT2D eigenvalue weighted by atomic mass is 16.6. The van der Waals surface area contributed by atoms with Gasteiger partial charge in [0.1, 0.15) is 13.2 Å². The van der Waals surface area contributed by atoms with Crippen LogP contribution in [0.3, 0.4) is 0 Å². The average Bonchev–Trinajstić information content (AvgIpc) is 3.42. The molecule has 0 bridgehead atoms. The van der Waals surface area contributed by atoms with Gasteiger partial charge in [-0.3, -0.25) is 14.4 Å². The topological polar surface area (TPSA) is 78.9 Å². The molecule has 0 spiro atoms. The molecule has 0 radical (unpaired) electrons. The Morgan fingerprint density at radius 3 is 0.737 bits per heavy atom. The molecule has 0 fully saturated rings. The number of carbonyl (C=O) groups is 3. The first-order valence-electron chi connectivity index (χ1n) is 34.0. The largest absolute Gasteiger partial charge is 0.462 e. The number of esters is 3. The number of hydrogen-bond acceptors (Lipinski definition) is 6. The molecule has 0 heterocycles. The Hall–Kier alpha value is -2.37. The lowest BCUT2D eigenvalue weighted by atomic mass is 10.0. The Morgan fingerprint density at radius 2 is 0.474 bits per heavy atom. The zero-order valence-corrected chi connectivity index (χ0v) is 51.3. The SMILES string of the molecule is CCCCCCC/C=C\C/C=C\CCCCCCCCCCCCCC(=O)OCC(COC(=O)CCCCCCCCCCCCCC)OC(=O)CCCCCCCCCCCCC/C=C\CCCCCCCCCC. The standard InChI is InChI=1S/C70H130O6/c1-4-7-10-13-16-19-22-25-27-29-31-33-35-37-39-41-43-45-48-51-54-57-60-63-69(72)75-66-67(65-74-68(71)62-59-56-53-50-47-24-21-18-15-12-9-6-3)76-70(73)64-61-58-55-52-49-46-44-42-40-38-36-34-32-30-28-26-23-20-17-14-11-8-5-2/h22,25,29-32,67H,4-21,23-24,26-28,33-66H2,1-3H3/b25-22-,31-29-,32-30-. The van der Waals surface area contributed by atoms with Crippen molar-refractivity contribution in [2.45, 2.75) is 380 Å². The Bertz CT molecular complexity index is 1270. The molecule has 6 nitrogen and oxygen atoms in total. The molecule has 0 aromatic carbocycles. The minimum atomic E-state index is -0.771. The quantitative estimate of drug-likeness (QED) is 0.0261. The molecule has 446 valence electrons. The number of unbranched alkanes of at least 4 members (excludes halogenated alkanes) is 46. The number of rotatable bonds is 63. The van der Waals surface area contributed by atoms with Gasteiger partial charge in [0.2, 0.25) is 0 Å². The lowest BCUT2D eigenvalue weighted by molar-refractivity contribution is -0.167. The van der Waals surface area contributed by atoms with Crippen molar-refractivity contribution in [1.29, 1.82) is 0 Å². The first-order valence-corrected chi connectivity index (χ1v) is 34.0. The summed E-state index contributed by atoms with van der Waals surface area (Å²) in [5.74, 6) is -0.846. The van der Waals surface area contributed by atoms with Crippen LogP contribution in [0.25, 0.3) is 0 Å². The fraction of sp³-hybridized carbons (Fsp3) is 0.871. The molecule has 0 aliphatic rings. The van der Waals surface area contributed by atoms with E-state index in [0.717, 1.165) is 64.2 Å². The van der Waals surface area contributed by atoms with Gasteiger partial charge in [-0.2, -0.15) is 0 Å². The van der Waals surface area contributed by atoms with Crippen LogP contribution in [0, 0.1) is 0 Å². The van der Waals surface area contributed by atoms with Crippen molar-refractivity contribution in [3.8, 4) is 0 Å². The highest BCUT2D eigenvalue weighted by molar-refractivity contribution is 5.71. The Kier molecular flexibility index (Phi) is 63.1. The molecule has 0 aliphatic carbocycles. The molecular formula is C70H130O6. The van der Waals surface area contributed by atoms with Gasteiger partial charge in [0, 0.05) is 19.3 Å². The number of allylic oxidation sites excluding steroid dienone is 6. The fourth-order valence-corrected chi connectivity index (χ4v) is 10.2. The second-order valence-electron chi connectivity index (χ2n) is 23.1. The maximum Gasteiger partial charge on any atom is 0.306 e. The van der Waals surface area contributed by atoms with E-state index in [-0.39, 0.29) is 31.1 Å². The van der Waals surface area contributed by atoms with Crippen molar-refractivity contribution in [2.75, 3.05) is 13.2 Å². The Balaban J connectivity index is 4.24. The lowest BCUT2D eigenvalue weighted by Gasteiger charge is -2.18. The summed E-state index contributed by atoms with van der Waals surface area (Å²) >= 11 is 0. The zero-order chi connectivity index (χ0) is 55.0. The molecule has 6 heteroatoms. The van der Waals surface area contributed by atoms with Crippen LogP contribution in [-0.2, 0) is 28.6 Å². The predicted octanol–water partition coefficient (Wildman–Crippen LogP) is 23.2. The van der Waals surface area contributed by atoms with Gasteiger partial charge in [0.05, 0.1) is 0 Å². The fourth-order valence-electron chi connectivity index (χ4n) is 10.2. The summed E-state index contributed by atoms with van der Waals surface area (Å²) in [6.45, 7) is 6.69. The molecule has 76 heavy (non-hydrogen) atoms. The lowest BCUT2D eigenvalue weighted by Crippen LogP contribution is -2.30. The van der Waals surface area contributed by atoms with Crippen LogP contribution in [0.4, 0.5) is 0 Å². The van der Waals surface area contributed by atoms with Gasteiger partial charge in [0.15, 0.2) is 6.10 Å². The van der Waals surface area contributed by atoms with E-state index in [1.54, 1.807) is 0 Å². The minimum Gasteiger partial charge on any atom is -0.462 e. The zero-order valence-electron chi connectivity index (χ0n) is 51.3. The van der Waals surface area contributed by atoms with Crippen molar-refractivity contribution in [1.82, 2.24) is 0 Å². The van der Waals surface area contributed by atoms with E-state index in [0.29, 0.717) is 19.3 Å². The molecule has 0 saturated carbocycles. The second-order valence-corrected chi connectivity index (χ2v) is 23.1. The van der Waals surface area contributed by atoms with E-state index in [9.17, 15) is 14.4 Å². The van der Waals surface area contributed by atoms with Crippen LogP contribution in [0.1, 0.15) is 374 Å². The first kappa shape index (κ1) is 73.6. The normalized spacial score (nSPS) is 12.2. The first-order chi connectivity index (χ1) is 37.5. The highest BCUT2D eigenvalue weighted by Gasteiger charge is 2.19. The van der Waals surface area contributed by atoms with E-state index in [1.165, 1.54) is 270 Å². The molecule has 0 N–H and O–H groups in total. The Labute approximate surface area is 474 Å². The van der Waals surface area contributed by atoms with Gasteiger partial charge < -0.3 is 14.2 Å². The Morgan fingerprint density at radius 1 is 0.263 bits per heavy atom. The molecule has 1 unspecified atom stereocenters. The summed E-state index contributed by atoms with van der Waals surface area (Å²) in [7, 11) is 0. The van der Waals surface area contributed by atoms with Crippen LogP contribution >= 0.6 is 0 Å². The molecule has 0 aromatic heterocycles. The van der Waals surface area contributed by atoms with Crippen molar-refractivity contribution in [3.63, 3.8) is 0 Å². The second kappa shape index (κ2) is 65.2. The van der Waals surface area contributed by atoms with E-state index >= 15 is 0 Å². The highest BCUT2D eigenvalue weighted by Crippen LogP contribution is 2.18. The minimum absolute atomic E-state index is 0.0681. The van der Waals surface area contributed by atoms with Crippen LogP contribution in [-0.4, -0.2) is 37.2 Å². The van der Waals surface area contributed by atoms with Gasteiger partial charge >= 0.3 is 17.9 Å². The molecule has 1 atom stereocenters. The molecular weight excluding hydrogens is 937 g/mol. The van der Waals surface area contributed by atoms with Crippen molar-refractivity contribution in [3.05, 3.63) is 36.5 Å². The van der Waals surface area contributed by atoms with Crippen molar-refractivity contribution < 1.29 is 28.6 Å². The average molecular weight is 1070 g/mol. The molecule has 0 rings (SSSR count). The van der Waals surface area contributed by atoms with Gasteiger partial charge in [0.25, 0.3) is 0 Å². The summed E-state index contributed by atoms with van der Waals surface area (Å²) in [5, 5.41) is 0. The summed E-state index contributed by atoms with van der Waals surface area (Å²) in [6.07, 6.45) is 80.2. The molecule has 0 saturated heterocycles.